The van der Waals surface area contributed by atoms with E-state index in [0.29, 0.717) is 37.0 Å². The molecule has 0 atom stereocenters. The molecule has 0 unspecified atom stereocenters. The van der Waals surface area contributed by atoms with Gasteiger partial charge in [-0.15, -0.1) is 0 Å². The normalized spacial score (nSPS) is 12.7. The van der Waals surface area contributed by atoms with Gasteiger partial charge in [-0.1, -0.05) is 18.2 Å². The van der Waals surface area contributed by atoms with Crippen LogP contribution in [-0.2, 0) is 11.3 Å². The number of rotatable bonds is 6. The molecule has 0 aromatic heterocycles. The number of hydrogen-bond acceptors (Lipinski definition) is 5. The average Bonchev–Trinajstić information content (AvgIpc) is 2.70. The van der Waals surface area contributed by atoms with Crippen LogP contribution in [0.1, 0.15) is 11.1 Å². The van der Waals surface area contributed by atoms with Crippen LogP contribution in [-0.4, -0.2) is 33.3 Å². The van der Waals surface area contributed by atoms with Gasteiger partial charge in [0.05, 0.1) is 14.2 Å². The molecular weight excluding hydrogens is 334 g/mol. The highest BCUT2D eigenvalue weighted by Crippen LogP contribution is 2.40. The van der Waals surface area contributed by atoms with Gasteiger partial charge in [0.25, 0.3) is 0 Å². The molecule has 3 rings (SSSR count). The summed E-state index contributed by atoms with van der Waals surface area (Å²) >= 11 is 0. The van der Waals surface area contributed by atoms with Crippen LogP contribution in [0.2, 0.25) is 0 Å². The molecule has 26 heavy (non-hydrogen) atoms. The second kappa shape index (κ2) is 8.29. The molecule has 0 fully saturated rings. The third kappa shape index (κ3) is 4.08. The number of hydrogen-bond donors (Lipinski definition) is 1. The summed E-state index contributed by atoms with van der Waals surface area (Å²) in [5, 5.41) is 2.84. The number of ether oxygens (including phenoxy) is 4. The highest BCUT2D eigenvalue weighted by molar-refractivity contribution is 5.91. The van der Waals surface area contributed by atoms with Crippen molar-refractivity contribution in [2.24, 2.45) is 0 Å². The van der Waals surface area contributed by atoms with Gasteiger partial charge in [0.2, 0.25) is 11.7 Å². The lowest BCUT2D eigenvalue weighted by molar-refractivity contribution is -0.116. The molecule has 0 aliphatic carbocycles. The van der Waals surface area contributed by atoms with Crippen molar-refractivity contribution in [3.05, 3.63) is 53.6 Å². The van der Waals surface area contributed by atoms with Gasteiger partial charge >= 0.3 is 0 Å². The Kier molecular flexibility index (Phi) is 5.63. The van der Waals surface area contributed by atoms with Crippen LogP contribution in [0.15, 0.2) is 42.5 Å². The molecule has 0 radical (unpaired) electrons. The molecule has 0 spiro atoms. The Balaban J connectivity index is 1.66. The van der Waals surface area contributed by atoms with Crippen LogP contribution in [0.25, 0.3) is 6.08 Å². The molecule has 1 heterocycles. The first kappa shape index (κ1) is 17.7. The van der Waals surface area contributed by atoms with E-state index in [2.05, 4.69) is 5.32 Å². The van der Waals surface area contributed by atoms with E-state index in [4.69, 9.17) is 18.9 Å². The molecule has 6 heteroatoms. The summed E-state index contributed by atoms with van der Waals surface area (Å²) in [6.45, 7) is 1.37. The van der Waals surface area contributed by atoms with E-state index < -0.39 is 0 Å². The number of methoxy groups -OCH3 is 2. The number of amides is 1. The van der Waals surface area contributed by atoms with E-state index in [9.17, 15) is 4.79 Å². The van der Waals surface area contributed by atoms with Gasteiger partial charge in [0.15, 0.2) is 11.5 Å². The fraction of sp³-hybridized carbons (Fsp3) is 0.250. The van der Waals surface area contributed by atoms with Crippen LogP contribution >= 0.6 is 0 Å². The fourth-order valence-corrected chi connectivity index (χ4v) is 2.65. The SMILES string of the molecule is COc1ccccc1CNC(=O)C=Cc1cc(OC)c2c(c1)OCCO2. The molecule has 6 nitrogen and oxygen atoms in total. The third-order valence-electron chi connectivity index (χ3n) is 3.92. The summed E-state index contributed by atoms with van der Waals surface area (Å²) in [5.74, 6) is 2.33. The zero-order chi connectivity index (χ0) is 18.4. The molecule has 0 saturated heterocycles. The van der Waals surface area contributed by atoms with Gasteiger partial charge in [-0.2, -0.15) is 0 Å². The molecule has 2 aromatic carbocycles. The number of carbonyl (C=O) groups is 1. The fourth-order valence-electron chi connectivity index (χ4n) is 2.65. The smallest absolute Gasteiger partial charge is 0.244 e. The minimum atomic E-state index is -0.204. The van der Waals surface area contributed by atoms with E-state index >= 15 is 0 Å². The van der Waals surface area contributed by atoms with Crippen molar-refractivity contribution in [3.63, 3.8) is 0 Å². The van der Waals surface area contributed by atoms with Gasteiger partial charge < -0.3 is 24.3 Å². The maximum absolute atomic E-state index is 12.1. The highest BCUT2D eigenvalue weighted by atomic mass is 16.6. The molecule has 1 amide bonds. The summed E-state index contributed by atoms with van der Waals surface area (Å²) in [4.78, 5) is 12.1. The Morgan fingerprint density at radius 1 is 1.12 bits per heavy atom. The largest absolute Gasteiger partial charge is 0.496 e. The minimum Gasteiger partial charge on any atom is -0.496 e. The zero-order valence-corrected chi connectivity index (χ0v) is 14.8. The van der Waals surface area contributed by atoms with Crippen LogP contribution in [0.3, 0.4) is 0 Å². The van der Waals surface area contributed by atoms with Gasteiger partial charge in [0, 0.05) is 18.2 Å². The molecule has 1 aliphatic heterocycles. The average molecular weight is 355 g/mol. The van der Waals surface area contributed by atoms with Gasteiger partial charge in [0.1, 0.15) is 19.0 Å². The summed E-state index contributed by atoms with van der Waals surface area (Å²) in [6.07, 6.45) is 3.18. The Labute approximate surface area is 152 Å². The topological polar surface area (TPSA) is 66.0 Å². The van der Waals surface area contributed by atoms with E-state index in [-0.39, 0.29) is 5.91 Å². The Morgan fingerprint density at radius 2 is 1.88 bits per heavy atom. The van der Waals surface area contributed by atoms with Gasteiger partial charge in [-0.05, 0) is 29.8 Å². The lowest BCUT2D eigenvalue weighted by Crippen LogP contribution is -2.20. The second-order valence-electron chi connectivity index (χ2n) is 5.61. The third-order valence-corrected chi connectivity index (χ3v) is 3.92. The van der Waals surface area contributed by atoms with Crippen molar-refractivity contribution in [1.82, 2.24) is 5.32 Å². The first-order valence-electron chi connectivity index (χ1n) is 8.26. The molecule has 1 aliphatic rings. The quantitative estimate of drug-likeness (QED) is 0.807. The van der Waals surface area contributed by atoms with Crippen molar-refractivity contribution in [3.8, 4) is 23.0 Å². The Bertz CT molecular complexity index is 799. The van der Waals surface area contributed by atoms with Crippen LogP contribution in [0.4, 0.5) is 0 Å². The maximum Gasteiger partial charge on any atom is 0.244 e. The molecule has 1 N–H and O–H groups in total. The summed E-state index contributed by atoms with van der Waals surface area (Å²) in [5.41, 5.74) is 1.70. The molecule has 0 bridgehead atoms. The van der Waals surface area contributed by atoms with Crippen molar-refractivity contribution in [2.75, 3.05) is 27.4 Å². The molecule has 2 aromatic rings. The predicted octanol–water partition coefficient (Wildman–Crippen LogP) is 2.80. The van der Waals surface area contributed by atoms with Gasteiger partial charge in [-0.3, -0.25) is 4.79 Å². The second-order valence-corrected chi connectivity index (χ2v) is 5.61. The number of nitrogens with one attached hydrogen (secondary N) is 1. The number of fused-ring (bicyclic) bond motifs is 1. The summed E-state index contributed by atoms with van der Waals surface area (Å²) in [7, 11) is 3.18. The monoisotopic (exact) mass is 355 g/mol. The minimum absolute atomic E-state index is 0.204. The van der Waals surface area contributed by atoms with Crippen LogP contribution in [0.5, 0.6) is 23.0 Å². The lowest BCUT2D eigenvalue weighted by Gasteiger charge is -2.20. The number of benzene rings is 2. The molecule has 0 saturated carbocycles. The molecule has 136 valence electrons. The summed E-state index contributed by atoms with van der Waals surface area (Å²) in [6, 6.07) is 11.2. The number of carbonyl (C=O) groups excluding carboxylic acids is 1. The van der Waals surface area contributed by atoms with Crippen molar-refractivity contribution in [2.45, 2.75) is 6.54 Å². The van der Waals surface area contributed by atoms with Crippen LogP contribution in [0, 0.1) is 0 Å². The summed E-state index contributed by atoms with van der Waals surface area (Å²) < 4.78 is 21.8. The van der Waals surface area contributed by atoms with Crippen molar-refractivity contribution >= 4 is 12.0 Å². The van der Waals surface area contributed by atoms with E-state index in [1.807, 2.05) is 30.3 Å². The Morgan fingerprint density at radius 3 is 2.69 bits per heavy atom. The van der Waals surface area contributed by atoms with Crippen molar-refractivity contribution in [1.29, 1.82) is 0 Å². The first-order valence-corrected chi connectivity index (χ1v) is 8.26. The van der Waals surface area contributed by atoms with Crippen molar-refractivity contribution < 1.29 is 23.7 Å². The first-order chi connectivity index (χ1) is 12.7. The van der Waals surface area contributed by atoms with E-state index in [1.54, 1.807) is 26.4 Å². The highest BCUT2D eigenvalue weighted by Gasteiger charge is 2.17. The predicted molar refractivity (Wildman–Crippen MR) is 97.9 cm³/mol. The maximum atomic E-state index is 12.1. The lowest BCUT2D eigenvalue weighted by atomic mass is 10.1. The van der Waals surface area contributed by atoms with E-state index in [0.717, 1.165) is 16.9 Å². The number of para-hydroxylation sites is 1. The van der Waals surface area contributed by atoms with Gasteiger partial charge in [-0.25, -0.2) is 0 Å². The zero-order valence-electron chi connectivity index (χ0n) is 14.8. The molecular formula is C20H21NO5. The van der Waals surface area contributed by atoms with Crippen LogP contribution < -0.4 is 24.3 Å². The Hall–Kier alpha value is -3.15. The van der Waals surface area contributed by atoms with E-state index in [1.165, 1.54) is 6.08 Å². The standard InChI is InChI=1S/C20H21NO5/c1-23-16-6-4-3-5-15(16)13-21-19(22)8-7-14-11-17(24-2)20-18(12-14)25-9-10-26-20/h3-8,11-12H,9-10,13H2,1-2H3,(H,21,22).